The Hall–Kier alpha value is -2.20. The van der Waals surface area contributed by atoms with Crippen molar-refractivity contribution in [3.8, 4) is 11.5 Å². The summed E-state index contributed by atoms with van der Waals surface area (Å²) in [4.78, 5) is 0. The van der Waals surface area contributed by atoms with Crippen LogP contribution < -0.4 is 14.8 Å². The number of benzene rings is 2. The minimum Gasteiger partial charge on any atom is -0.497 e. The molecule has 2 aromatic rings. The first-order chi connectivity index (χ1) is 10.6. The van der Waals surface area contributed by atoms with E-state index in [1.54, 1.807) is 7.11 Å². The summed E-state index contributed by atoms with van der Waals surface area (Å²) in [6.07, 6.45) is 0.109. The van der Waals surface area contributed by atoms with Crippen molar-refractivity contribution in [1.82, 2.24) is 0 Å². The second-order valence-corrected chi connectivity index (χ2v) is 5.36. The summed E-state index contributed by atoms with van der Waals surface area (Å²) < 4.78 is 11.1. The van der Waals surface area contributed by atoms with Gasteiger partial charge in [-0.3, -0.25) is 0 Å². The molecule has 0 spiro atoms. The average molecular weight is 301 g/mol. The molecule has 0 fully saturated rings. The SMILES string of the molecule is COc1ccc(OC(C)C)c(NCc2ccc(CO)cc2)c1. The van der Waals surface area contributed by atoms with E-state index < -0.39 is 0 Å². The van der Waals surface area contributed by atoms with Crippen LogP contribution in [0.5, 0.6) is 11.5 Å². The van der Waals surface area contributed by atoms with Gasteiger partial charge >= 0.3 is 0 Å². The molecule has 0 unspecified atom stereocenters. The van der Waals surface area contributed by atoms with Gasteiger partial charge in [0.25, 0.3) is 0 Å². The van der Waals surface area contributed by atoms with E-state index in [1.165, 1.54) is 0 Å². The Morgan fingerprint density at radius 3 is 2.32 bits per heavy atom. The Bertz CT molecular complexity index is 594. The van der Waals surface area contributed by atoms with Gasteiger partial charge in [-0.05, 0) is 37.1 Å². The van der Waals surface area contributed by atoms with Crippen LogP contribution >= 0.6 is 0 Å². The van der Waals surface area contributed by atoms with Crippen LogP contribution in [-0.4, -0.2) is 18.3 Å². The van der Waals surface area contributed by atoms with Crippen molar-refractivity contribution in [3.63, 3.8) is 0 Å². The molecule has 2 aromatic carbocycles. The molecule has 4 nitrogen and oxygen atoms in total. The van der Waals surface area contributed by atoms with Gasteiger partial charge in [0.15, 0.2) is 0 Å². The molecule has 0 amide bonds. The van der Waals surface area contributed by atoms with Crippen molar-refractivity contribution in [2.75, 3.05) is 12.4 Å². The van der Waals surface area contributed by atoms with Crippen LogP contribution in [0.2, 0.25) is 0 Å². The zero-order valence-corrected chi connectivity index (χ0v) is 13.3. The average Bonchev–Trinajstić information content (AvgIpc) is 2.54. The predicted molar refractivity (Wildman–Crippen MR) is 88.4 cm³/mol. The first-order valence-electron chi connectivity index (χ1n) is 7.39. The third-order valence-electron chi connectivity index (χ3n) is 3.24. The van der Waals surface area contributed by atoms with E-state index in [0.717, 1.165) is 28.3 Å². The van der Waals surface area contributed by atoms with Crippen LogP contribution in [0.4, 0.5) is 5.69 Å². The highest BCUT2D eigenvalue weighted by Gasteiger charge is 2.07. The number of hydrogen-bond donors (Lipinski definition) is 2. The van der Waals surface area contributed by atoms with Crippen molar-refractivity contribution < 1.29 is 14.6 Å². The highest BCUT2D eigenvalue weighted by atomic mass is 16.5. The lowest BCUT2D eigenvalue weighted by Gasteiger charge is -2.16. The Kier molecular flexibility index (Phi) is 5.67. The fraction of sp³-hybridized carbons (Fsp3) is 0.333. The van der Waals surface area contributed by atoms with Crippen LogP contribution in [-0.2, 0) is 13.2 Å². The van der Waals surface area contributed by atoms with Crippen molar-refractivity contribution in [2.45, 2.75) is 33.1 Å². The molecule has 4 heteroatoms. The van der Waals surface area contributed by atoms with Gasteiger partial charge in [-0.15, -0.1) is 0 Å². The molecule has 22 heavy (non-hydrogen) atoms. The molecule has 0 aromatic heterocycles. The summed E-state index contributed by atoms with van der Waals surface area (Å²) in [5.74, 6) is 1.59. The molecule has 0 aliphatic rings. The van der Waals surface area contributed by atoms with Gasteiger partial charge in [0.1, 0.15) is 11.5 Å². The second-order valence-electron chi connectivity index (χ2n) is 5.36. The Morgan fingerprint density at radius 2 is 1.73 bits per heavy atom. The fourth-order valence-corrected chi connectivity index (χ4v) is 2.09. The highest BCUT2D eigenvalue weighted by Crippen LogP contribution is 2.30. The van der Waals surface area contributed by atoms with Crippen LogP contribution in [0.3, 0.4) is 0 Å². The Balaban J connectivity index is 2.11. The first kappa shape index (κ1) is 16.2. The van der Waals surface area contributed by atoms with Crippen LogP contribution in [0, 0.1) is 0 Å². The normalized spacial score (nSPS) is 10.6. The van der Waals surface area contributed by atoms with Gasteiger partial charge in [-0.25, -0.2) is 0 Å². The Morgan fingerprint density at radius 1 is 1.05 bits per heavy atom. The monoisotopic (exact) mass is 301 g/mol. The van der Waals surface area contributed by atoms with Crippen molar-refractivity contribution in [3.05, 3.63) is 53.6 Å². The quantitative estimate of drug-likeness (QED) is 0.820. The summed E-state index contributed by atoms with van der Waals surface area (Å²) in [6.45, 7) is 4.74. The van der Waals surface area contributed by atoms with E-state index in [1.807, 2.05) is 56.3 Å². The van der Waals surface area contributed by atoms with Gasteiger partial charge < -0.3 is 19.9 Å². The van der Waals surface area contributed by atoms with Gasteiger partial charge in [-0.2, -0.15) is 0 Å². The van der Waals surface area contributed by atoms with E-state index in [0.29, 0.717) is 6.54 Å². The summed E-state index contributed by atoms with van der Waals surface area (Å²) in [5.41, 5.74) is 2.95. The predicted octanol–water partition coefficient (Wildman–Crippen LogP) is 3.59. The minimum atomic E-state index is 0.0654. The lowest BCUT2D eigenvalue weighted by atomic mass is 10.1. The number of anilines is 1. The molecule has 0 bridgehead atoms. The first-order valence-corrected chi connectivity index (χ1v) is 7.39. The fourth-order valence-electron chi connectivity index (χ4n) is 2.09. The molecule has 0 heterocycles. The van der Waals surface area contributed by atoms with Crippen LogP contribution in [0.15, 0.2) is 42.5 Å². The van der Waals surface area contributed by atoms with E-state index >= 15 is 0 Å². The van der Waals surface area contributed by atoms with Crippen molar-refractivity contribution >= 4 is 5.69 Å². The zero-order chi connectivity index (χ0) is 15.9. The minimum absolute atomic E-state index is 0.0654. The lowest BCUT2D eigenvalue weighted by Crippen LogP contribution is -2.09. The van der Waals surface area contributed by atoms with E-state index in [-0.39, 0.29) is 12.7 Å². The molecule has 118 valence electrons. The molecular weight excluding hydrogens is 278 g/mol. The summed E-state index contributed by atoms with van der Waals surface area (Å²) in [7, 11) is 1.65. The molecule has 0 saturated heterocycles. The number of hydrogen-bond acceptors (Lipinski definition) is 4. The molecular formula is C18H23NO3. The molecule has 0 radical (unpaired) electrons. The molecule has 2 N–H and O–H groups in total. The van der Waals surface area contributed by atoms with Crippen LogP contribution in [0.25, 0.3) is 0 Å². The van der Waals surface area contributed by atoms with E-state index in [4.69, 9.17) is 14.6 Å². The second kappa shape index (κ2) is 7.71. The largest absolute Gasteiger partial charge is 0.497 e. The van der Waals surface area contributed by atoms with Gasteiger partial charge in [0.05, 0.1) is 25.5 Å². The maximum Gasteiger partial charge on any atom is 0.143 e. The number of rotatable bonds is 7. The number of aliphatic hydroxyl groups excluding tert-OH is 1. The molecule has 0 aliphatic carbocycles. The maximum atomic E-state index is 9.07. The summed E-state index contributed by atoms with van der Waals surface area (Å²) in [6, 6.07) is 13.6. The number of nitrogens with one attached hydrogen (secondary N) is 1. The number of ether oxygens (including phenoxy) is 2. The van der Waals surface area contributed by atoms with E-state index in [9.17, 15) is 0 Å². The van der Waals surface area contributed by atoms with Gasteiger partial charge in [0, 0.05) is 12.6 Å². The number of aliphatic hydroxyl groups is 1. The summed E-state index contributed by atoms with van der Waals surface area (Å²) in [5, 5.41) is 12.4. The standard InChI is InChI=1S/C18H23NO3/c1-13(2)22-18-9-8-16(21-3)10-17(18)19-11-14-4-6-15(12-20)7-5-14/h4-10,13,19-20H,11-12H2,1-3H3. The van der Waals surface area contributed by atoms with Gasteiger partial charge in [-0.1, -0.05) is 24.3 Å². The maximum absolute atomic E-state index is 9.07. The summed E-state index contributed by atoms with van der Waals surface area (Å²) >= 11 is 0. The van der Waals surface area contributed by atoms with Gasteiger partial charge in [0.2, 0.25) is 0 Å². The third kappa shape index (κ3) is 4.40. The lowest BCUT2D eigenvalue weighted by molar-refractivity contribution is 0.243. The van der Waals surface area contributed by atoms with E-state index in [2.05, 4.69) is 5.32 Å². The third-order valence-corrected chi connectivity index (χ3v) is 3.24. The molecule has 2 rings (SSSR count). The molecule has 0 aliphatic heterocycles. The van der Waals surface area contributed by atoms with Crippen molar-refractivity contribution in [1.29, 1.82) is 0 Å². The Labute approximate surface area is 131 Å². The topological polar surface area (TPSA) is 50.7 Å². The molecule has 0 saturated carbocycles. The highest BCUT2D eigenvalue weighted by molar-refractivity contribution is 5.60. The zero-order valence-electron chi connectivity index (χ0n) is 13.3. The molecule has 0 atom stereocenters. The van der Waals surface area contributed by atoms with Crippen molar-refractivity contribution in [2.24, 2.45) is 0 Å². The number of methoxy groups -OCH3 is 1. The smallest absolute Gasteiger partial charge is 0.143 e. The van der Waals surface area contributed by atoms with Crippen LogP contribution in [0.1, 0.15) is 25.0 Å².